The van der Waals surface area contributed by atoms with Gasteiger partial charge in [-0.2, -0.15) is 0 Å². The number of rotatable bonds is 3. The fraction of sp³-hybridized carbons (Fsp3) is 0.533. The highest BCUT2D eigenvalue weighted by Crippen LogP contribution is 2.31. The van der Waals surface area contributed by atoms with E-state index in [1.807, 2.05) is 32.0 Å². The Morgan fingerprint density at radius 2 is 2.21 bits per heavy atom. The Balaban J connectivity index is 1.82. The lowest BCUT2D eigenvalue weighted by atomic mass is 9.76. The summed E-state index contributed by atoms with van der Waals surface area (Å²) in [5.74, 6) is 0.602. The summed E-state index contributed by atoms with van der Waals surface area (Å²) in [6.07, 6.45) is 3.75. The van der Waals surface area contributed by atoms with E-state index < -0.39 is 12.7 Å². The first-order valence-corrected chi connectivity index (χ1v) is 6.99. The normalized spacial score (nSPS) is 21.1. The third kappa shape index (κ3) is 2.23. The molecule has 1 aliphatic carbocycles. The average molecular weight is 258 g/mol. The van der Waals surface area contributed by atoms with Gasteiger partial charge in [-0.15, -0.1) is 0 Å². The lowest BCUT2D eigenvalue weighted by Gasteiger charge is -2.24. The molecule has 0 aromatic heterocycles. The molecular formula is C15H19BO3. The number of ketones is 1. The van der Waals surface area contributed by atoms with E-state index in [0.29, 0.717) is 12.2 Å². The van der Waals surface area contributed by atoms with Crippen LogP contribution in [0.1, 0.15) is 44.2 Å². The van der Waals surface area contributed by atoms with Gasteiger partial charge in [0.2, 0.25) is 0 Å². The van der Waals surface area contributed by atoms with Gasteiger partial charge in [0.15, 0.2) is 0 Å². The van der Waals surface area contributed by atoms with Crippen molar-refractivity contribution in [3.63, 3.8) is 0 Å². The number of hydrogen-bond acceptors (Lipinski definition) is 3. The van der Waals surface area contributed by atoms with Gasteiger partial charge in [0.1, 0.15) is 5.78 Å². The van der Waals surface area contributed by atoms with Crippen molar-refractivity contribution < 1.29 is 14.5 Å². The fourth-order valence-corrected chi connectivity index (χ4v) is 2.96. The van der Waals surface area contributed by atoms with E-state index in [9.17, 15) is 9.82 Å². The summed E-state index contributed by atoms with van der Waals surface area (Å²) >= 11 is 0. The second-order valence-corrected chi connectivity index (χ2v) is 6.17. The van der Waals surface area contributed by atoms with E-state index in [2.05, 4.69) is 0 Å². The van der Waals surface area contributed by atoms with Gasteiger partial charge in [-0.25, -0.2) is 0 Å². The van der Waals surface area contributed by atoms with Crippen LogP contribution in [0.3, 0.4) is 0 Å². The molecule has 3 nitrogen and oxygen atoms in total. The van der Waals surface area contributed by atoms with Crippen LogP contribution in [-0.2, 0) is 21.5 Å². The monoisotopic (exact) mass is 258 g/mol. The lowest BCUT2D eigenvalue weighted by molar-refractivity contribution is -0.124. The molecule has 3 rings (SSSR count). The summed E-state index contributed by atoms with van der Waals surface area (Å²) < 4.78 is 5.53. The van der Waals surface area contributed by atoms with Crippen LogP contribution in [0, 0.1) is 5.92 Å². The first kappa shape index (κ1) is 12.9. The number of hydrogen-bond donors (Lipinski definition) is 1. The maximum absolute atomic E-state index is 12.0. The Morgan fingerprint density at radius 1 is 1.47 bits per heavy atom. The number of fused-ring (bicyclic) bond motifs is 1. The number of Topliss-reactive ketones (excluding diaryl/α,β-unsaturated/α-hetero) is 1. The third-order valence-electron chi connectivity index (χ3n) is 4.38. The highest BCUT2D eigenvalue weighted by molar-refractivity contribution is 6.62. The maximum atomic E-state index is 12.0. The van der Waals surface area contributed by atoms with Crippen molar-refractivity contribution in [2.45, 2.75) is 45.1 Å². The molecule has 0 atom stereocenters. The SMILES string of the molecule is CC1(C)OB(O)c2cc(CC(=O)C3CCC3)ccc21. The molecule has 1 fully saturated rings. The highest BCUT2D eigenvalue weighted by atomic mass is 16.5. The largest absolute Gasteiger partial charge is 0.492 e. The van der Waals surface area contributed by atoms with Crippen LogP contribution in [-0.4, -0.2) is 17.9 Å². The van der Waals surface area contributed by atoms with Crippen LogP contribution in [0.15, 0.2) is 18.2 Å². The zero-order valence-electron chi connectivity index (χ0n) is 11.5. The van der Waals surface area contributed by atoms with Gasteiger partial charge in [0, 0.05) is 12.3 Å². The van der Waals surface area contributed by atoms with Crippen LogP contribution < -0.4 is 5.46 Å². The van der Waals surface area contributed by atoms with Crippen LogP contribution in [0.4, 0.5) is 0 Å². The third-order valence-corrected chi connectivity index (χ3v) is 4.38. The zero-order valence-corrected chi connectivity index (χ0v) is 11.5. The molecule has 0 bridgehead atoms. The molecule has 0 radical (unpaired) electrons. The standard InChI is InChI=1S/C15H19BO3/c1-15(2)12-7-6-10(8-13(12)16(18)19-15)9-14(17)11-4-3-5-11/h6-8,11,18H,3-5,9H2,1-2H3. The number of carbonyl (C=O) groups excluding carboxylic acids is 1. The molecule has 19 heavy (non-hydrogen) atoms. The molecule has 0 amide bonds. The Bertz CT molecular complexity index is 520. The Labute approximate surface area is 114 Å². The van der Waals surface area contributed by atoms with Crippen molar-refractivity contribution in [1.29, 1.82) is 0 Å². The summed E-state index contributed by atoms with van der Waals surface area (Å²) in [7, 11) is -0.872. The van der Waals surface area contributed by atoms with Crippen molar-refractivity contribution in [2.24, 2.45) is 5.92 Å². The first-order chi connectivity index (χ1) is 8.97. The van der Waals surface area contributed by atoms with Crippen molar-refractivity contribution in [3.05, 3.63) is 29.3 Å². The summed E-state index contributed by atoms with van der Waals surface area (Å²) in [4.78, 5) is 12.0. The Kier molecular flexibility index (Phi) is 3.03. The van der Waals surface area contributed by atoms with Crippen molar-refractivity contribution >= 4 is 18.4 Å². The Morgan fingerprint density at radius 3 is 2.84 bits per heavy atom. The minimum absolute atomic E-state index is 0.269. The lowest BCUT2D eigenvalue weighted by Crippen LogP contribution is -2.29. The minimum Gasteiger partial charge on any atom is -0.423 e. The quantitative estimate of drug-likeness (QED) is 0.837. The fourth-order valence-electron chi connectivity index (χ4n) is 2.96. The van der Waals surface area contributed by atoms with E-state index in [4.69, 9.17) is 4.65 Å². The average Bonchev–Trinajstić information content (AvgIpc) is 2.46. The molecule has 100 valence electrons. The smallest absolute Gasteiger partial charge is 0.423 e. The molecule has 0 saturated heterocycles. The molecule has 0 unspecified atom stereocenters. The second-order valence-electron chi connectivity index (χ2n) is 6.17. The van der Waals surface area contributed by atoms with Gasteiger partial charge in [0.05, 0.1) is 5.60 Å². The van der Waals surface area contributed by atoms with Gasteiger partial charge in [-0.05, 0) is 43.3 Å². The predicted octanol–water partition coefficient (Wildman–Crippen LogP) is 1.55. The van der Waals surface area contributed by atoms with Crippen LogP contribution in [0.25, 0.3) is 0 Å². The van der Waals surface area contributed by atoms with Gasteiger partial charge in [-0.3, -0.25) is 4.79 Å². The van der Waals surface area contributed by atoms with E-state index in [-0.39, 0.29) is 5.92 Å². The van der Waals surface area contributed by atoms with Crippen LogP contribution >= 0.6 is 0 Å². The molecule has 0 spiro atoms. The van der Waals surface area contributed by atoms with E-state index in [1.165, 1.54) is 6.42 Å². The molecule has 1 heterocycles. The topological polar surface area (TPSA) is 46.5 Å². The second kappa shape index (κ2) is 4.46. The molecule has 1 aromatic carbocycles. The molecule has 1 saturated carbocycles. The number of benzene rings is 1. The van der Waals surface area contributed by atoms with Crippen molar-refractivity contribution in [2.75, 3.05) is 0 Å². The molecule has 1 N–H and O–H groups in total. The van der Waals surface area contributed by atoms with Gasteiger partial charge < -0.3 is 9.68 Å². The zero-order chi connectivity index (χ0) is 13.6. The highest BCUT2D eigenvalue weighted by Gasteiger charge is 2.40. The van der Waals surface area contributed by atoms with E-state index in [0.717, 1.165) is 29.4 Å². The molecule has 1 aliphatic heterocycles. The molecule has 1 aromatic rings. The maximum Gasteiger partial charge on any atom is 0.492 e. The van der Waals surface area contributed by atoms with Gasteiger partial charge >= 0.3 is 7.12 Å². The van der Waals surface area contributed by atoms with Crippen LogP contribution in [0.5, 0.6) is 0 Å². The Hall–Kier alpha value is -1.13. The predicted molar refractivity (Wildman–Crippen MR) is 74.2 cm³/mol. The molecular weight excluding hydrogens is 239 g/mol. The van der Waals surface area contributed by atoms with Crippen molar-refractivity contribution in [3.8, 4) is 0 Å². The molecule has 2 aliphatic rings. The van der Waals surface area contributed by atoms with Gasteiger partial charge in [0.25, 0.3) is 0 Å². The van der Waals surface area contributed by atoms with E-state index >= 15 is 0 Å². The molecule has 4 heteroatoms. The summed E-state index contributed by atoms with van der Waals surface area (Å²) in [5, 5.41) is 9.93. The summed E-state index contributed by atoms with van der Waals surface area (Å²) in [6, 6.07) is 5.89. The first-order valence-electron chi connectivity index (χ1n) is 6.99. The number of carbonyl (C=O) groups is 1. The van der Waals surface area contributed by atoms with Crippen molar-refractivity contribution in [1.82, 2.24) is 0 Å². The minimum atomic E-state index is -0.872. The summed E-state index contributed by atoms with van der Waals surface area (Å²) in [6.45, 7) is 3.89. The van der Waals surface area contributed by atoms with Gasteiger partial charge in [-0.1, -0.05) is 24.6 Å². The van der Waals surface area contributed by atoms with E-state index in [1.54, 1.807) is 0 Å². The summed E-state index contributed by atoms with van der Waals surface area (Å²) in [5.41, 5.74) is 2.35. The van der Waals surface area contributed by atoms with Crippen LogP contribution in [0.2, 0.25) is 0 Å².